The van der Waals surface area contributed by atoms with Crippen molar-refractivity contribution in [1.82, 2.24) is 25.0 Å². The van der Waals surface area contributed by atoms with Gasteiger partial charge in [-0.3, -0.25) is 4.98 Å². The first kappa shape index (κ1) is 15.4. The highest BCUT2D eigenvalue weighted by molar-refractivity contribution is 5.65. The number of hydrogen-bond donors (Lipinski definition) is 0. The summed E-state index contributed by atoms with van der Waals surface area (Å²) in [6.07, 6.45) is 8.39. The molecule has 0 aliphatic rings. The Labute approximate surface area is 138 Å². The van der Waals surface area contributed by atoms with Gasteiger partial charge < -0.3 is 4.74 Å². The van der Waals surface area contributed by atoms with Gasteiger partial charge in [-0.15, -0.1) is 5.10 Å². The lowest BCUT2D eigenvalue weighted by Gasteiger charge is -2.02. The lowest BCUT2D eigenvalue weighted by Crippen LogP contribution is -2.00. The van der Waals surface area contributed by atoms with Crippen LogP contribution in [0.25, 0.3) is 12.2 Å². The molecule has 0 saturated carbocycles. The van der Waals surface area contributed by atoms with E-state index in [1.807, 2.05) is 36.5 Å². The number of ether oxygens (including phenoxy) is 1. The van der Waals surface area contributed by atoms with Gasteiger partial charge in [-0.05, 0) is 29.8 Å². The summed E-state index contributed by atoms with van der Waals surface area (Å²) in [6, 6.07) is 9.73. The third kappa shape index (κ3) is 3.81. The Kier molecular flexibility index (Phi) is 4.58. The van der Waals surface area contributed by atoms with Crippen LogP contribution in [-0.2, 0) is 6.54 Å². The number of methoxy groups -OCH3 is 1. The fourth-order valence-corrected chi connectivity index (χ4v) is 2.04. The van der Waals surface area contributed by atoms with Crippen LogP contribution in [0.3, 0.4) is 0 Å². The lowest BCUT2D eigenvalue weighted by atomic mass is 10.2. The molecule has 0 spiro atoms. The van der Waals surface area contributed by atoms with Crippen LogP contribution in [0.15, 0.2) is 42.9 Å². The molecule has 0 bridgehead atoms. The molecule has 0 amide bonds. The third-order valence-electron chi connectivity index (χ3n) is 3.27. The normalized spacial score (nSPS) is 10.7. The van der Waals surface area contributed by atoms with E-state index in [1.54, 1.807) is 23.9 Å². The van der Waals surface area contributed by atoms with Crippen LogP contribution >= 0.6 is 0 Å². The molecule has 0 radical (unpaired) electrons. The fourth-order valence-electron chi connectivity index (χ4n) is 2.04. The zero-order chi connectivity index (χ0) is 16.8. The number of hydrogen-bond acceptors (Lipinski definition) is 6. The summed E-state index contributed by atoms with van der Waals surface area (Å²) >= 11 is 0. The molecule has 3 rings (SSSR count). The van der Waals surface area contributed by atoms with Gasteiger partial charge >= 0.3 is 0 Å². The van der Waals surface area contributed by atoms with Crippen LogP contribution in [0.4, 0.5) is 0 Å². The topological polar surface area (TPSA) is 89.5 Å². The number of nitriles is 1. The number of nitrogens with zero attached hydrogens (tertiary/aromatic N) is 6. The zero-order valence-corrected chi connectivity index (χ0v) is 13.0. The molecule has 0 aliphatic heterocycles. The summed E-state index contributed by atoms with van der Waals surface area (Å²) in [5.74, 6) is 0.824. The molecule has 0 saturated heterocycles. The van der Waals surface area contributed by atoms with Crippen LogP contribution < -0.4 is 4.74 Å². The monoisotopic (exact) mass is 318 g/mol. The lowest BCUT2D eigenvalue weighted by molar-refractivity contribution is 0.414. The largest absolute Gasteiger partial charge is 0.497 e. The van der Waals surface area contributed by atoms with Gasteiger partial charge in [0, 0.05) is 0 Å². The standard InChI is InChI=1S/C17H14N6O/c1-24-17-6-2-13(3-7-17)11-23-12-15(21-22-23)5-4-14-9-20-16(8-18)10-19-14/h2-7,9-10,12H,11H2,1H3/b5-4+. The van der Waals surface area contributed by atoms with Gasteiger partial charge in [-0.25, -0.2) is 9.67 Å². The van der Waals surface area contributed by atoms with E-state index < -0.39 is 0 Å². The van der Waals surface area contributed by atoms with Gasteiger partial charge in [0.25, 0.3) is 0 Å². The van der Waals surface area contributed by atoms with Crippen molar-refractivity contribution in [2.24, 2.45) is 0 Å². The van der Waals surface area contributed by atoms with Crippen LogP contribution in [0.1, 0.15) is 22.6 Å². The summed E-state index contributed by atoms with van der Waals surface area (Å²) in [6.45, 7) is 0.626. The molecule has 2 aromatic heterocycles. The minimum absolute atomic E-state index is 0.289. The van der Waals surface area contributed by atoms with Crippen molar-refractivity contribution >= 4 is 12.2 Å². The summed E-state index contributed by atoms with van der Waals surface area (Å²) in [5.41, 5.74) is 2.76. The summed E-state index contributed by atoms with van der Waals surface area (Å²) in [7, 11) is 1.64. The molecular formula is C17H14N6O. The maximum atomic E-state index is 8.69. The Morgan fingerprint density at radius 2 is 1.92 bits per heavy atom. The molecule has 2 heterocycles. The smallest absolute Gasteiger partial charge is 0.158 e. The first-order valence-electron chi connectivity index (χ1n) is 7.20. The highest BCUT2D eigenvalue weighted by Gasteiger charge is 2.00. The van der Waals surface area contributed by atoms with E-state index in [2.05, 4.69) is 20.3 Å². The summed E-state index contributed by atoms with van der Waals surface area (Å²) in [5, 5.41) is 16.9. The predicted molar refractivity (Wildman–Crippen MR) is 87.8 cm³/mol. The van der Waals surface area contributed by atoms with Crippen LogP contribution in [0, 0.1) is 11.3 Å². The Balaban J connectivity index is 1.66. The Morgan fingerprint density at radius 1 is 1.12 bits per heavy atom. The highest BCUT2D eigenvalue weighted by atomic mass is 16.5. The van der Waals surface area contributed by atoms with E-state index in [4.69, 9.17) is 10.00 Å². The molecular weight excluding hydrogens is 304 g/mol. The maximum absolute atomic E-state index is 8.69. The molecule has 0 fully saturated rings. The molecule has 0 N–H and O–H groups in total. The van der Waals surface area contributed by atoms with Gasteiger partial charge in [0.1, 0.15) is 17.5 Å². The second kappa shape index (κ2) is 7.15. The van der Waals surface area contributed by atoms with Gasteiger partial charge in [-0.2, -0.15) is 5.26 Å². The van der Waals surface area contributed by atoms with Gasteiger partial charge in [0.2, 0.25) is 0 Å². The Hall–Kier alpha value is -3.53. The second-order valence-electron chi connectivity index (χ2n) is 4.96. The first-order chi connectivity index (χ1) is 11.8. The number of aromatic nitrogens is 5. The van der Waals surface area contributed by atoms with Crippen molar-refractivity contribution in [3.8, 4) is 11.8 Å². The number of rotatable bonds is 5. The molecule has 7 heteroatoms. The molecule has 118 valence electrons. The minimum Gasteiger partial charge on any atom is -0.497 e. The van der Waals surface area contributed by atoms with Crippen LogP contribution in [0.5, 0.6) is 5.75 Å². The zero-order valence-electron chi connectivity index (χ0n) is 13.0. The quantitative estimate of drug-likeness (QED) is 0.716. The molecule has 0 atom stereocenters. The van der Waals surface area contributed by atoms with Crippen molar-refractivity contribution in [3.05, 3.63) is 65.5 Å². The van der Waals surface area contributed by atoms with Crippen molar-refractivity contribution < 1.29 is 4.74 Å². The van der Waals surface area contributed by atoms with Crippen LogP contribution in [-0.4, -0.2) is 32.1 Å². The van der Waals surface area contributed by atoms with Gasteiger partial charge in [0.05, 0.1) is 37.9 Å². The molecule has 3 aromatic rings. The third-order valence-corrected chi connectivity index (χ3v) is 3.27. The molecule has 24 heavy (non-hydrogen) atoms. The molecule has 1 aromatic carbocycles. The Bertz CT molecular complexity index is 875. The predicted octanol–water partition coefficient (Wildman–Crippen LogP) is 2.17. The first-order valence-corrected chi connectivity index (χ1v) is 7.20. The van der Waals surface area contributed by atoms with E-state index in [0.717, 1.165) is 17.0 Å². The van der Waals surface area contributed by atoms with E-state index in [1.165, 1.54) is 12.4 Å². The Morgan fingerprint density at radius 3 is 2.58 bits per heavy atom. The van der Waals surface area contributed by atoms with Gasteiger partial charge in [0.15, 0.2) is 5.69 Å². The number of benzene rings is 1. The summed E-state index contributed by atoms with van der Waals surface area (Å²) in [4.78, 5) is 8.08. The molecule has 0 aliphatic carbocycles. The van der Waals surface area contributed by atoms with Gasteiger partial charge in [-0.1, -0.05) is 17.3 Å². The van der Waals surface area contributed by atoms with Crippen molar-refractivity contribution in [2.75, 3.05) is 7.11 Å². The van der Waals surface area contributed by atoms with Crippen molar-refractivity contribution in [1.29, 1.82) is 5.26 Å². The fraction of sp³-hybridized carbons (Fsp3) is 0.118. The average molecular weight is 318 g/mol. The van der Waals surface area contributed by atoms with E-state index in [-0.39, 0.29) is 5.69 Å². The minimum atomic E-state index is 0.289. The second-order valence-corrected chi connectivity index (χ2v) is 4.96. The van der Waals surface area contributed by atoms with Crippen LogP contribution in [0.2, 0.25) is 0 Å². The summed E-state index contributed by atoms with van der Waals surface area (Å²) < 4.78 is 6.90. The molecule has 7 nitrogen and oxygen atoms in total. The molecule has 0 unspecified atom stereocenters. The van der Waals surface area contributed by atoms with E-state index in [0.29, 0.717) is 12.2 Å². The highest BCUT2D eigenvalue weighted by Crippen LogP contribution is 2.12. The van der Waals surface area contributed by atoms with Crippen molar-refractivity contribution in [2.45, 2.75) is 6.54 Å². The average Bonchev–Trinajstić information content (AvgIpc) is 3.08. The van der Waals surface area contributed by atoms with E-state index in [9.17, 15) is 0 Å². The SMILES string of the molecule is COc1ccc(Cn2cc(/C=C/c3cnc(C#N)cn3)nn2)cc1. The maximum Gasteiger partial charge on any atom is 0.158 e. The van der Waals surface area contributed by atoms with E-state index >= 15 is 0 Å². The van der Waals surface area contributed by atoms with Crippen molar-refractivity contribution in [3.63, 3.8) is 0 Å².